The fourth-order valence-corrected chi connectivity index (χ4v) is 3.94. The van der Waals surface area contributed by atoms with Crippen molar-refractivity contribution >= 4 is 22.8 Å². The summed E-state index contributed by atoms with van der Waals surface area (Å²) in [5.41, 5.74) is 0.792. The fraction of sp³-hybridized carbons (Fsp3) is 0.556. The number of carbonyl (C=O) groups is 2. The Morgan fingerprint density at radius 2 is 1.96 bits per heavy atom. The van der Waals surface area contributed by atoms with Gasteiger partial charge in [0.25, 0.3) is 0 Å². The van der Waals surface area contributed by atoms with Crippen molar-refractivity contribution in [1.82, 2.24) is 24.8 Å². The molecule has 2 saturated heterocycles. The zero-order chi connectivity index (χ0) is 18.1. The second kappa shape index (κ2) is 6.68. The van der Waals surface area contributed by atoms with E-state index >= 15 is 0 Å². The Balaban J connectivity index is 1.53. The second-order valence-electron chi connectivity index (χ2n) is 7.06. The predicted octanol–water partition coefficient (Wildman–Crippen LogP) is 0.671. The molecule has 1 atom stereocenters. The minimum Gasteiger partial charge on any atom is -0.378 e. The molecular formula is C18H23N5O3. The van der Waals surface area contributed by atoms with Crippen LogP contribution in [0.15, 0.2) is 24.3 Å². The summed E-state index contributed by atoms with van der Waals surface area (Å²) in [5, 5.41) is 8.19. The van der Waals surface area contributed by atoms with Crippen LogP contribution in [0.25, 0.3) is 11.0 Å². The van der Waals surface area contributed by atoms with Crippen LogP contribution in [0.4, 0.5) is 0 Å². The van der Waals surface area contributed by atoms with Crippen molar-refractivity contribution in [2.45, 2.75) is 31.8 Å². The third-order valence-electron chi connectivity index (χ3n) is 5.41. The summed E-state index contributed by atoms with van der Waals surface area (Å²) < 4.78 is 6.94. The summed E-state index contributed by atoms with van der Waals surface area (Å²) in [4.78, 5) is 29.6. The molecule has 2 amide bonds. The van der Waals surface area contributed by atoms with Crippen molar-refractivity contribution in [1.29, 1.82) is 0 Å². The summed E-state index contributed by atoms with van der Waals surface area (Å²) in [6, 6.07) is 7.55. The Morgan fingerprint density at radius 1 is 1.19 bits per heavy atom. The van der Waals surface area contributed by atoms with Gasteiger partial charge in [0.1, 0.15) is 17.6 Å². The fourth-order valence-electron chi connectivity index (χ4n) is 3.94. The van der Waals surface area contributed by atoms with Gasteiger partial charge in [-0.05, 0) is 31.9 Å². The van der Waals surface area contributed by atoms with Gasteiger partial charge in [0.2, 0.25) is 11.8 Å². The van der Waals surface area contributed by atoms with Crippen molar-refractivity contribution in [2.75, 3.05) is 32.8 Å². The molecule has 26 heavy (non-hydrogen) atoms. The molecule has 3 heterocycles. The number of likely N-dealkylation sites (tertiary alicyclic amines) is 1. The van der Waals surface area contributed by atoms with Gasteiger partial charge in [0.05, 0.1) is 18.7 Å². The van der Waals surface area contributed by atoms with E-state index in [0.29, 0.717) is 39.3 Å². The Labute approximate surface area is 151 Å². The first-order valence-electron chi connectivity index (χ1n) is 9.05. The number of ether oxygens (including phenoxy) is 1. The average Bonchev–Trinajstić information content (AvgIpc) is 3.26. The maximum absolute atomic E-state index is 13.1. The number of nitrogens with zero attached hydrogens (tertiary/aromatic N) is 5. The van der Waals surface area contributed by atoms with E-state index in [4.69, 9.17) is 4.74 Å². The largest absolute Gasteiger partial charge is 0.378 e. The number of morpholine rings is 1. The molecule has 8 nitrogen and oxygen atoms in total. The van der Waals surface area contributed by atoms with Gasteiger partial charge in [-0.15, -0.1) is 5.10 Å². The molecule has 1 aromatic carbocycles. The number of benzene rings is 1. The SMILES string of the molecule is CC1(C(=O)N2CCOCC2)CCCN1C(=O)Cn1nnc2ccccc21. The number of fused-ring (bicyclic) bond motifs is 1. The highest BCUT2D eigenvalue weighted by Gasteiger charge is 2.47. The van der Waals surface area contributed by atoms with E-state index in [-0.39, 0.29) is 18.4 Å². The third kappa shape index (κ3) is 2.84. The normalized spacial score (nSPS) is 23.6. The number of carbonyl (C=O) groups excluding carboxylic acids is 2. The topological polar surface area (TPSA) is 80.6 Å². The highest BCUT2D eigenvalue weighted by molar-refractivity contribution is 5.92. The molecule has 2 aliphatic rings. The minimum absolute atomic E-state index is 0.0232. The molecule has 1 aromatic heterocycles. The maximum atomic E-state index is 13.1. The van der Waals surface area contributed by atoms with Gasteiger partial charge >= 0.3 is 0 Å². The Kier molecular flexibility index (Phi) is 4.36. The quantitative estimate of drug-likeness (QED) is 0.807. The number of para-hydroxylation sites is 1. The molecular weight excluding hydrogens is 334 g/mol. The van der Waals surface area contributed by atoms with E-state index in [0.717, 1.165) is 17.5 Å². The lowest BCUT2D eigenvalue weighted by Gasteiger charge is -2.39. The molecule has 138 valence electrons. The highest BCUT2D eigenvalue weighted by Crippen LogP contribution is 2.31. The Bertz CT molecular complexity index is 829. The number of aromatic nitrogens is 3. The lowest BCUT2D eigenvalue weighted by molar-refractivity contribution is -0.153. The summed E-state index contributed by atoms with van der Waals surface area (Å²) in [6.07, 6.45) is 1.52. The summed E-state index contributed by atoms with van der Waals surface area (Å²) in [6.45, 7) is 4.86. The van der Waals surface area contributed by atoms with Crippen LogP contribution >= 0.6 is 0 Å². The first-order valence-corrected chi connectivity index (χ1v) is 9.05. The van der Waals surface area contributed by atoms with Crippen molar-refractivity contribution in [3.05, 3.63) is 24.3 Å². The van der Waals surface area contributed by atoms with E-state index in [2.05, 4.69) is 10.3 Å². The van der Waals surface area contributed by atoms with Crippen LogP contribution in [-0.2, 0) is 20.9 Å². The van der Waals surface area contributed by atoms with Crippen LogP contribution in [0.1, 0.15) is 19.8 Å². The summed E-state index contributed by atoms with van der Waals surface area (Å²) in [7, 11) is 0. The second-order valence-corrected chi connectivity index (χ2v) is 7.06. The van der Waals surface area contributed by atoms with Gasteiger partial charge in [-0.2, -0.15) is 0 Å². The van der Waals surface area contributed by atoms with E-state index in [1.54, 1.807) is 9.58 Å². The average molecular weight is 357 g/mol. The predicted molar refractivity (Wildman–Crippen MR) is 94.3 cm³/mol. The number of rotatable bonds is 3. The van der Waals surface area contributed by atoms with E-state index in [9.17, 15) is 9.59 Å². The van der Waals surface area contributed by atoms with Crippen molar-refractivity contribution in [3.63, 3.8) is 0 Å². The Morgan fingerprint density at radius 3 is 2.77 bits per heavy atom. The smallest absolute Gasteiger partial charge is 0.248 e. The third-order valence-corrected chi connectivity index (χ3v) is 5.41. The molecule has 0 spiro atoms. The van der Waals surface area contributed by atoms with Gasteiger partial charge in [-0.1, -0.05) is 17.3 Å². The number of amides is 2. The molecule has 2 aliphatic heterocycles. The van der Waals surface area contributed by atoms with Gasteiger partial charge in [0.15, 0.2) is 0 Å². The zero-order valence-electron chi connectivity index (χ0n) is 14.9. The number of hydrogen-bond acceptors (Lipinski definition) is 5. The molecule has 0 bridgehead atoms. The molecule has 8 heteroatoms. The zero-order valence-corrected chi connectivity index (χ0v) is 14.9. The maximum Gasteiger partial charge on any atom is 0.248 e. The van der Waals surface area contributed by atoms with E-state index in [1.165, 1.54) is 0 Å². The molecule has 2 aromatic rings. The molecule has 4 rings (SSSR count). The number of hydrogen-bond donors (Lipinski definition) is 0. The molecule has 0 radical (unpaired) electrons. The molecule has 0 N–H and O–H groups in total. The van der Waals surface area contributed by atoms with Gasteiger partial charge < -0.3 is 14.5 Å². The van der Waals surface area contributed by atoms with Crippen molar-refractivity contribution in [2.24, 2.45) is 0 Å². The van der Waals surface area contributed by atoms with Crippen LogP contribution in [0.5, 0.6) is 0 Å². The lowest BCUT2D eigenvalue weighted by Crippen LogP contribution is -2.58. The lowest BCUT2D eigenvalue weighted by atomic mass is 9.96. The van der Waals surface area contributed by atoms with Crippen LogP contribution in [0.3, 0.4) is 0 Å². The van der Waals surface area contributed by atoms with Crippen molar-refractivity contribution < 1.29 is 14.3 Å². The minimum atomic E-state index is -0.787. The monoisotopic (exact) mass is 357 g/mol. The van der Waals surface area contributed by atoms with Crippen LogP contribution in [0.2, 0.25) is 0 Å². The summed E-state index contributed by atoms with van der Waals surface area (Å²) in [5.74, 6) is -0.0719. The van der Waals surface area contributed by atoms with E-state index in [1.807, 2.05) is 36.1 Å². The first-order chi connectivity index (χ1) is 12.6. The van der Waals surface area contributed by atoms with E-state index < -0.39 is 5.54 Å². The molecule has 0 aliphatic carbocycles. The van der Waals surface area contributed by atoms with Crippen LogP contribution in [-0.4, -0.2) is 75.0 Å². The molecule has 0 saturated carbocycles. The van der Waals surface area contributed by atoms with Gasteiger partial charge in [-0.3, -0.25) is 9.59 Å². The molecule has 2 fully saturated rings. The first kappa shape index (κ1) is 17.0. The van der Waals surface area contributed by atoms with Gasteiger partial charge in [-0.25, -0.2) is 4.68 Å². The summed E-state index contributed by atoms with van der Waals surface area (Å²) >= 11 is 0. The molecule has 1 unspecified atom stereocenters. The highest BCUT2D eigenvalue weighted by atomic mass is 16.5. The van der Waals surface area contributed by atoms with Crippen LogP contribution in [0, 0.1) is 0 Å². The van der Waals surface area contributed by atoms with Crippen LogP contribution < -0.4 is 0 Å². The Hall–Kier alpha value is -2.48. The standard InChI is InChI=1S/C18H23N5O3/c1-18(17(25)21-9-11-26-12-10-21)7-4-8-22(18)16(24)13-23-15-6-3-2-5-14(15)19-20-23/h2-3,5-6H,4,7-13H2,1H3. The van der Waals surface area contributed by atoms with Crippen molar-refractivity contribution in [3.8, 4) is 0 Å². The van der Waals surface area contributed by atoms with Gasteiger partial charge in [0, 0.05) is 19.6 Å².